The number of rotatable bonds is 3. The van der Waals surface area contributed by atoms with E-state index in [-0.39, 0.29) is 0 Å². The predicted octanol–water partition coefficient (Wildman–Crippen LogP) is 4.63. The second-order valence-corrected chi connectivity index (χ2v) is 5.43. The van der Waals surface area contributed by atoms with E-state index < -0.39 is 11.7 Å². The summed E-state index contributed by atoms with van der Waals surface area (Å²) in [5, 5.41) is 1.06. The van der Waals surface area contributed by atoms with Crippen LogP contribution in [0, 0.1) is 0 Å². The van der Waals surface area contributed by atoms with Gasteiger partial charge in [0.15, 0.2) is 0 Å². The van der Waals surface area contributed by atoms with Gasteiger partial charge in [0.2, 0.25) is 0 Å². The first-order valence-corrected chi connectivity index (χ1v) is 6.92. The van der Waals surface area contributed by atoms with Crippen molar-refractivity contribution >= 4 is 29.1 Å². The second kappa shape index (κ2) is 5.93. The maximum atomic E-state index is 12.4. The lowest BCUT2D eigenvalue weighted by molar-refractivity contribution is -0.137. The summed E-state index contributed by atoms with van der Waals surface area (Å²) in [7, 11) is 0. The molecule has 106 valence electrons. The van der Waals surface area contributed by atoms with Crippen LogP contribution in [0.4, 0.5) is 18.9 Å². The highest BCUT2D eigenvalue weighted by Gasteiger charge is 2.30. The van der Waals surface area contributed by atoms with E-state index in [1.54, 1.807) is 18.2 Å². The molecule has 0 fully saturated rings. The fraction of sp³-hybridized carbons (Fsp3) is 0.154. The average molecular weight is 319 g/mol. The molecule has 0 atom stereocenters. The zero-order valence-corrected chi connectivity index (χ0v) is 11.7. The van der Waals surface area contributed by atoms with Crippen LogP contribution in [0.15, 0.2) is 41.6 Å². The van der Waals surface area contributed by atoms with Gasteiger partial charge in [-0.15, -0.1) is 11.8 Å². The number of thioether (sulfide) groups is 1. The van der Waals surface area contributed by atoms with E-state index in [1.165, 1.54) is 17.8 Å². The van der Waals surface area contributed by atoms with Crippen LogP contribution in [0.5, 0.6) is 0 Å². The van der Waals surface area contributed by atoms with E-state index in [2.05, 4.69) is 4.98 Å². The van der Waals surface area contributed by atoms with Crippen LogP contribution in [0.2, 0.25) is 5.02 Å². The first-order chi connectivity index (χ1) is 9.36. The monoisotopic (exact) mass is 318 g/mol. The Hall–Kier alpha value is -1.40. The molecule has 2 aromatic rings. The predicted molar refractivity (Wildman–Crippen MR) is 74.7 cm³/mol. The third-order valence-electron chi connectivity index (χ3n) is 2.51. The Morgan fingerprint density at radius 2 is 1.95 bits per heavy atom. The van der Waals surface area contributed by atoms with Crippen molar-refractivity contribution in [3.8, 4) is 0 Å². The average Bonchev–Trinajstić information content (AvgIpc) is 2.39. The molecule has 0 saturated heterocycles. The lowest BCUT2D eigenvalue weighted by Crippen LogP contribution is -2.05. The molecular formula is C13H10ClF3N2S. The number of pyridine rings is 1. The van der Waals surface area contributed by atoms with E-state index in [9.17, 15) is 13.2 Å². The van der Waals surface area contributed by atoms with Gasteiger partial charge in [-0.25, -0.2) is 4.98 Å². The summed E-state index contributed by atoms with van der Waals surface area (Å²) in [4.78, 5) is 3.78. The lowest BCUT2D eigenvalue weighted by atomic mass is 10.2. The Balaban J connectivity index is 2.06. The van der Waals surface area contributed by atoms with Crippen LogP contribution in [0.3, 0.4) is 0 Å². The minimum atomic E-state index is -4.37. The van der Waals surface area contributed by atoms with Crippen molar-refractivity contribution in [1.82, 2.24) is 4.98 Å². The molecule has 0 amide bonds. The fourth-order valence-electron chi connectivity index (χ4n) is 1.49. The summed E-state index contributed by atoms with van der Waals surface area (Å²) >= 11 is 7.31. The van der Waals surface area contributed by atoms with Crippen molar-refractivity contribution in [1.29, 1.82) is 0 Å². The summed E-state index contributed by atoms with van der Waals surface area (Å²) in [5.41, 5.74) is 6.30. The van der Waals surface area contributed by atoms with Crippen LogP contribution in [-0.2, 0) is 11.9 Å². The standard InChI is InChI=1S/C13H10ClF3N2S/c14-11-3-2-10(18)5-8(11)7-20-12-4-1-9(6-19-12)13(15,16)17/h1-6H,7,18H2. The van der Waals surface area contributed by atoms with E-state index in [0.717, 1.165) is 17.8 Å². The van der Waals surface area contributed by atoms with Crippen LogP contribution in [-0.4, -0.2) is 4.98 Å². The van der Waals surface area contributed by atoms with Gasteiger partial charge in [0.25, 0.3) is 0 Å². The molecule has 1 aromatic carbocycles. The summed E-state index contributed by atoms with van der Waals surface area (Å²) < 4.78 is 37.2. The maximum absolute atomic E-state index is 12.4. The highest BCUT2D eigenvalue weighted by Crippen LogP contribution is 2.31. The van der Waals surface area contributed by atoms with E-state index in [0.29, 0.717) is 21.5 Å². The molecule has 7 heteroatoms. The number of aromatic nitrogens is 1. The first-order valence-electron chi connectivity index (χ1n) is 5.56. The first kappa shape index (κ1) is 15.0. The second-order valence-electron chi connectivity index (χ2n) is 4.02. The Bertz CT molecular complexity index is 600. The van der Waals surface area contributed by atoms with Gasteiger partial charge in [0, 0.05) is 22.7 Å². The van der Waals surface area contributed by atoms with Crippen LogP contribution < -0.4 is 5.73 Å². The summed E-state index contributed by atoms with van der Waals surface area (Å²) in [5.74, 6) is 0.488. The van der Waals surface area contributed by atoms with Crippen molar-refractivity contribution in [3.63, 3.8) is 0 Å². The van der Waals surface area contributed by atoms with Crippen LogP contribution >= 0.6 is 23.4 Å². The number of nitrogens with two attached hydrogens (primary N) is 1. The third-order valence-corrected chi connectivity index (χ3v) is 3.87. The Kier molecular flexibility index (Phi) is 4.45. The highest BCUT2D eigenvalue weighted by atomic mass is 35.5. The molecule has 1 heterocycles. The third kappa shape index (κ3) is 3.80. The smallest absolute Gasteiger partial charge is 0.399 e. The van der Waals surface area contributed by atoms with Crippen LogP contribution in [0.25, 0.3) is 0 Å². The quantitative estimate of drug-likeness (QED) is 0.662. The zero-order valence-electron chi connectivity index (χ0n) is 10.1. The van der Waals surface area contributed by atoms with Crippen molar-refractivity contribution in [3.05, 3.63) is 52.7 Å². The summed E-state index contributed by atoms with van der Waals surface area (Å²) in [6.45, 7) is 0. The van der Waals surface area contributed by atoms with E-state index in [1.807, 2.05) is 0 Å². The van der Waals surface area contributed by atoms with Crippen molar-refractivity contribution in [2.24, 2.45) is 0 Å². The minimum Gasteiger partial charge on any atom is -0.399 e. The molecule has 2 rings (SSSR count). The van der Waals surface area contributed by atoms with Crippen LogP contribution in [0.1, 0.15) is 11.1 Å². The van der Waals surface area contributed by atoms with Crippen molar-refractivity contribution in [2.75, 3.05) is 5.73 Å². The largest absolute Gasteiger partial charge is 0.417 e. The highest BCUT2D eigenvalue weighted by molar-refractivity contribution is 7.98. The van der Waals surface area contributed by atoms with Gasteiger partial charge in [-0.1, -0.05) is 11.6 Å². The fourth-order valence-corrected chi connectivity index (χ4v) is 2.59. The number of benzene rings is 1. The molecule has 1 aromatic heterocycles. The number of nitrogens with zero attached hydrogens (tertiary/aromatic N) is 1. The molecule has 2 nitrogen and oxygen atoms in total. The molecular weight excluding hydrogens is 309 g/mol. The molecule has 0 unspecified atom stereocenters. The van der Waals surface area contributed by atoms with Crippen molar-refractivity contribution < 1.29 is 13.2 Å². The van der Waals surface area contributed by atoms with Gasteiger partial charge in [0.1, 0.15) is 0 Å². The van der Waals surface area contributed by atoms with Gasteiger partial charge in [-0.3, -0.25) is 0 Å². The zero-order chi connectivity index (χ0) is 14.8. The van der Waals surface area contributed by atoms with Gasteiger partial charge < -0.3 is 5.73 Å². The number of alkyl halides is 3. The minimum absolute atomic E-state index is 0.488. The number of hydrogen-bond acceptors (Lipinski definition) is 3. The molecule has 0 radical (unpaired) electrons. The van der Waals surface area contributed by atoms with Gasteiger partial charge >= 0.3 is 6.18 Å². The molecule has 0 bridgehead atoms. The molecule has 0 aliphatic heterocycles. The molecule has 0 aliphatic rings. The van der Waals surface area contributed by atoms with Gasteiger partial charge in [-0.05, 0) is 35.9 Å². The Labute approximate surface area is 123 Å². The number of nitrogen functional groups attached to an aromatic ring is 1. The topological polar surface area (TPSA) is 38.9 Å². The van der Waals surface area contributed by atoms with Gasteiger partial charge in [-0.2, -0.15) is 13.2 Å². The molecule has 0 spiro atoms. The maximum Gasteiger partial charge on any atom is 0.417 e. The normalized spacial score (nSPS) is 11.6. The van der Waals surface area contributed by atoms with Crippen molar-refractivity contribution in [2.45, 2.75) is 17.0 Å². The number of anilines is 1. The molecule has 0 aliphatic carbocycles. The lowest BCUT2D eigenvalue weighted by Gasteiger charge is -2.07. The summed E-state index contributed by atoms with van der Waals surface area (Å²) in [6, 6.07) is 7.46. The molecule has 20 heavy (non-hydrogen) atoms. The van der Waals surface area contributed by atoms with E-state index >= 15 is 0 Å². The Morgan fingerprint density at radius 1 is 1.20 bits per heavy atom. The molecule has 0 saturated carbocycles. The number of halogens is 4. The number of hydrogen-bond donors (Lipinski definition) is 1. The molecule has 2 N–H and O–H groups in total. The summed E-state index contributed by atoms with van der Waals surface area (Å²) in [6.07, 6.45) is -3.54. The Morgan fingerprint density at radius 3 is 2.55 bits per heavy atom. The SMILES string of the molecule is Nc1ccc(Cl)c(CSc2ccc(C(F)(F)F)cn2)c1. The van der Waals surface area contributed by atoms with E-state index in [4.69, 9.17) is 17.3 Å². The van der Waals surface area contributed by atoms with Gasteiger partial charge in [0.05, 0.1) is 10.6 Å².